The molecule has 82 valence electrons. The van der Waals surface area contributed by atoms with Crippen LogP contribution in [0.5, 0.6) is 0 Å². The summed E-state index contributed by atoms with van der Waals surface area (Å²) in [6.07, 6.45) is 3.58. The van der Waals surface area contributed by atoms with Gasteiger partial charge in [-0.1, -0.05) is 0 Å². The second kappa shape index (κ2) is 4.87. The van der Waals surface area contributed by atoms with Gasteiger partial charge in [0.2, 0.25) is 5.95 Å². The molecule has 0 radical (unpaired) electrons. The summed E-state index contributed by atoms with van der Waals surface area (Å²) in [6.45, 7) is 2.80. The number of nitrogens with zero attached hydrogens (tertiary/aromatic N) is 3. The monoisotopic (exact) mass is 272 g/mol. The van der Waals surface area contributed by atoms with Crippen LogP contribution in [0, 0.1) is 0 Å². The van der Waals surface area contributed by atoms with Gasteiger partial charge >= 0.3 is 0 Å². The molecule has 1 aromatic rings. The minimum atomic E-state index is 0.0889. The topological polar surface area (TPSA) is 64.3 Å². The zero-order chi connectivity index (χ0) is 10.7. The van der Waals surface area contributed by atoms with E-state index in [1.165, 1.54) is 0 Å². The highest BCUT2D eigenvalue weighted by Crippen LogP contribution is 2.14. The van der Waals surface area contributed by atoms with Crippen LogP contribution in [0.15, 0.2) is 16.9 Å². The Bertz CT molecular complexity index is 318. The van der Waals surface area contributed by atoms with E-state index in [0.29, 0.717) is 13.2 Å². The number of ether oxygens (including phenoxy) is 1. The Morgan fingerprint density at radius 1 is 1.53 bits per heavy atom. The number of rotatable bonds is 2. The molecule has 1 aliphatic heterocycles. The lowest BCUT2D eigenvalue weighted by atomic mass is 10.3. The van der Waals surface area contributed by atoms with Crippen LogP contribution in [-0.4, -0.2) is 42.3 Å². The minimum absolute atomic E-state index is 0.0889. The van der Waals surface area contributed by atoms with Crippen molar-refractivity contribution >= 4 is 21.9 Å². The molecular weight excluding hydrogens is 260 g/mol. The van der Waals surface area contributed by atoms with Gasteiger partial charge in [0.15, 0.2) is 0 Å². The highest BCUT2D eigenvalue weighted by atomic mass is 79.9. The van der Waals surface area contributed by atoms with Gasteiger partial charge in [0.25, 0.3) is 0 Å². The average molecular weight is 273 g/mol. The molecule has 0 aliphatic carbocycles. The van der Waals surface area contributed by atoms with Gasteiger partial charge in [-0.05, 0) is 15.9 Å². The number of hydrogen-bond donors (Lipinski definition) is 1. The van der Waals surface area contributed by atoms with Gasteiger partial charge in [-0.3, -0.25) is 0 Å². The van der Waals surface area contributed by atoms with E-state index in [0.717, 1.165) is 23.5 Å². The van der Waals surface area contributed by atoms with E-state index >= 15 is 0 Å². The maximum Gasteiger partial charge on any atom is 0.225 e. The van der Waals surface area contributed by atoms with Crippen molar-refractivity contribution in [1.82, 2.24) is 9.97 Å². The lowest BCUT2D eigenvalue weighted by Gasteiger charge is -2.32. The summed E-state index contributed by atoms with van der Waals surface area (Å²) >= 11 is 3.31. The van der Waals surface area contributed by atoms with Gasteiger partial charge in [-0.25, -0.2) is 9.97 Å². The third kappa shape index (κ3) is 2.64. The summed E-state index contributed by atoms with van der Waals surface area (Å²) in [5.41, 5.74) is 5.57. The summed E-state index contributed by atoms with van der Waals surface area (Å²) in [5.74, 6) is 0.736. The number of anilines is 1. The first-order valence-electron chi connectivity index (χ1n) is 4.84. The van der Waals surface area contributed by atoms with Gasteiger partial charge in [0, 0.05) is 32.0 Å². The maximum atomic E-state index is 5.57. The molecule has 5 nitrogen and oxygen atoms in total. The second-order valence-electron chi connectivity index (χ2n) is 3.38. The molecule has 0 amide bonds. The molecule has 0 bridgehead atoms. The van der Waals surface area contributed by atoms with Crippen molar-refractivity contribution < 1.29 is 4.74 Å². The van der Waals surface area contributed by atoms with E-state index in [2.05, 4.69) is 30.8 Å². The van der Waals surface area contributed by atoms with Crippen LogP contribution in [0.25, 0.3) is 0 Å². The zero-order valence-electron chi connectivity index (χ0n) is 8.27. The Morgan fingerprint density at radius 2 is 2.27 bits per heavy atom. The molecule has 0 saturated carbocycles. The van der Waals surface area contributed by atoms with Crippen LogP contribution in [0.4, 0.5) is 5.95 Å². The van der Waals surface area contributed by atoms with Crippen LogP contribution < -0.4 is 10.6 Å². The molecule has 1 unspecified atom stereocenters. The van der Waals surface area contributed by atoms with Gasteiger partial charge < -0.3 is 15.4 Å². The predicted octanol–water partition coefficient (Wildman–Crippen LogP) is 0.403. The van der Waals surface area contributed by atoms with E-state index in [1.54, 1.807) is 12.4 Å². The van der Waals surface area contributed by atoms with E-state index in [4.69, 9.17) is 10.5 Å². The molecular formula is C9H13BrN4O. The van der Waals surface area contributed by atoms with Crippen molar-refractivity contribution in [3.8, 4) is 0 Å². The number of hydrogen-bond acceptors (Lipinski definition) is 5. The Morgan fingerprint density at radius 3 is 2.93 bits per heavy atom. The molecule has 1 fully saturated rings. The molecule has 1 atom stereocenters. The average Bonchev–Trinajstić information content (AvgIpc) is 2.30. The molecule has 1 aromatic heterocycles. The SMILES string of the molecule is NCC1CN(c2ncc(Br)cn2)CCO1. The second-order valence-corrected chi connectivity index (χ2v) is 4.29. The van der Waals surface area contributed by atoms with Crippen LogP contribution in [0.3, 0.4) is 0 Å². The van der Waals surface area contributed by atoms with E-state index < -0.39 is 0 Å². The summed E-state index contributed by atoms with van der Waals surface area (Å²) < 4.78 is 6.36. The van der Waals surface area contributed by atoms with Gasteiger partial charge in [-0.2, -0.15) is 0 Å². The fourth-order valence-electron chi connectivity index (χ4n) is 1.51. The predicted molar refractivity (Wildman–Crippen MR) is 60.7 cm³/mol. The molecule has 1 aliphatic rings. The number of aromatic nitrogens is 2. The molecule has 2 N–H and O–H groups in total. The largest absolute Gasteiger partial charge is 0.373 e. The highest BCUT2D eigenvalue weighted by molar-refractivity contribution is 9.10. The van der Waals surface area contributed by atoms with Gasteiger partial charge in [0.1, 0.15) is 0 Å². The van der Waals surface area contributed by atoms with Crippen LogP contribution in [0.1, 0.15) is 0 Å². The van der Waals surface area contributed by atoms with E-state index in [-0.39, 0.29) is 6.10 Å². The van der Waals surface area contributed by atoms with Crippen LogP contribution in [-0.2, 0) is 4.74 Å². The lowest BCUT2D eigenvalue weighted by molar-refractivity contribution is 0.0460. The third-order valence-corrected chi connectivity index (χ3v) is 2.70. The number of halogens is 1. The summed E-state index contributed by atoms with van der Waals surface area (Å²) in [5, 5.41) is 0. The van der Waals surface area contributed by atoms with Crippen molar-refractivity contribution in [2.75, 3.05) is 31.1 Å². The summed E-state index contributed by atoms with van der Waals surface area (Å²) in [6, 6.07) is 0. The van der Waals surface area contributed by atoms with Crippen LogP contribution >= 0.6 is 15.9 Å². The fourth-order valence-corrected chi connectivity index (χ4v) is 1.72. The van der Waals surface area contributed by atoms with Crippen LogP contribution in [0.2, 0.25) is 0 Å². The molecule has 6 heteroatoms. The maximum absolute atomic E-state index is 5.57. The molecule has 0 aromatic carbocycles. The summed E-state index contributed by atoms with van der Waals surface area (Å²) in [4.78, 5) is 10.6. The number of nitrogens with two attached hydrogens (primary N) is 1. The van der Waals surface area contributed by atoms with Crippen molar-refractivity contribution in [3.63, 3.8) is 0 Å². The number of morpholine rings is 1. The quantitative estimate of drug-likeness (QED) is 0.845. The molecule has 1 saturated heterocycles. The normalized spacial score (nSPS) is 21.7. The lowest BCUT2D eigenvalue weighted by Crippen LogP contribution is -2.46. The molecule has 15 heavy (non-hydrogen) atoms. The molecule has 2 heterocycles. The van der Waals surface area contributed by atoms with Gasteiger partial charge in [-0.15, -0.1) is 0 Å². The van der Waals surface area contributed by atoms with Crippen molar-refractivity contribution in [1.29, 1.82) is 0 Å². The van der Waals surface area contributed by atoms with Crippen molar-refractivity contribution in [2.24, 2.45) is 5.73 Å². The Kier molecular flexibility index (Phi) is 3.50. The van der Waals surface area contributed by atoms with Gasteiger partial charge in [0.05, 0.1) is 17.2 Å². The minimum Gasteiger partial charge on any atom is -0.373 e. The van der Waals surface area contributed by atoms with E-state index in [1.807, 2.05) is 0 Å². The fraction of sp³-hybridized carbons (Fsp3) is 0.556. The zero-order valence-corrected chi connectivity index (χ0v) is 9.85. The smallest absolute Gasteiger partial charge is 0.225 e. The Balaban J connectivity index is 2.06. The highest BCUT2D eigenvalue weighted by Gasteiger charge is 2.20. The Labute approximate surface area is 96.8 Å². The first kappa shape index (κ1) is 10.8. The molecule has 2 rings (SSSR count). The first-order chi connectivity index (χ1) is 7.29. The summed E-state index contributed by atoms with van der Waals surface area (Å²) in [7, 11) is 0. The molecule has 0 spiro atoms. The Hall–Kier alpha value is -0.720. The standard InChI is InChI=1S/C9H13BrN4O/c10-7-4-12-9(13-5-7)14-1-2-15-8(3-11)6-14/h4-5,8H,1-3,6,11H2. The van der Waals surface area contributed by atoms with Crippen molar-refractivity contribution in [2.45, 2.75) is 6.10 Å². The van der Waals surface area contributed by atoms with E-state index in [9.17, 15) is 0 Å². The first-order valence-corrected chi connectivity index (χ1v) is 5.63. The third-order valence-electron chi connectivity index (χ3n) is 2.29. The van der Waals surface area contributed by atoms with Crippen molar-refractivity contribution in [3.05, 3.63) is 16.9 Å².